The summed E-state index contributed by atoms with van der Waals surface area (Å²) in [4.78, 5) is 27.6. The molecular weight excluding hydrogens is 506 g/mol. The number of aromatic hydroxyl groups is 1. The van der Waals surface area contributed by atoms with Gasteiger partial charge in [-0.1, -0.05) is 52.3 Å². The minimum Gasteiger partial charge on any atom is -0.507 e. The Morgan fingerprint density at radius 2 is 1.86 bits per heavy atom. The van der Waals surface area contributed by atoms with Crippen molar-refractivity contribution < 1.29 is 19.4 Å². The van der Waals surface area contributed by atoms with E-state index < -0.39 is 0 Å². The number of fused-ring (bicyclic) bond motifs is 3. The average molecular weight is 528 g/mol. The van der Waals surface area contributed by atoms with Gasteiger partial charge in [-0.05, 0) is 64.6 Å². The van der Waals surface area contributed by atoms with Gasteiger partial charge in [-0.25, -0.2) is 0 Å². The minimum atomic E-state index is -0.351. The van der Waals surface area contributed by atoms with Crippen molar-refractivity contribution in [1.29, 1.82) is 0 Å². The average Bonchev–Trinajstić information content (AvgIpc) is 2.87. The molecular formula is C29H22BrNO4. The Morgan fingerprint density at radius 1 is 1.09 bits per heavy atom. The largest absolute Gasteiger partial charge is 0.507 e. The molecule has 1 N–H and O–H groups in total. The summed E-state index contributed by atoms with van der Waals surface area (Å²) in [6.07, 6.45) is 3.01. The Labute approximate surface area is 211 Å². The first-order valence-electron chi connectivity index (χ1n) is 11.2. The molecule has 0 saturated carbocycles. The number of nitrogens with zero attached hydrogens (tertiary/aromatic N) is 1. The van der Waals surface area contributed by atoms with Crippen LogP contribution in [0.25, 0.3) is 33.5 Å². The van der Waals surface area contributed by atoms with Crippen molar-refractivity contribution in [1.82, 2.24) is 4.98 Å². The Bertz CT molecular complexity index is 1450. The summed E-state index contributed by atoms with van der Waals surface area (Å²) in [5.41, 5.74) is 7.70. The van der Waals surface area contributed by atoms with Gasteiger partial charge >= 0.3 is 5.97 Å². The maximum atomic E-state index is 11.7. The van der Waals surface area contributed by atoms with E-state index in [-0.39, 0.29) is 24.2 Å². The third kappa shape index (κ3) is 4.37. The van der Waals surface area contributed by atoms with Crippen LogP contribution < -0.4 is 0 Å². The molecule has 1 aliphatic rings. The van der Waals surface area contributed by atoms with Crippen molar-refractivity contribution in [3.63, 3.8) is 0 Å². The van der Waals surface area contributed by atoms with Gasteiger partial charge in [-0.3, -0.25) is 14.6 Å². The van der Waals surface area contributed by atoms with Crippen LogP contribution in [0.4, 0.5) is 0 Å². The van der Waals surface area contributed by atoms with Gasteiger partial charge < -0.3 is 9.84 Å². The molecule has 1 atom stereocenters. The van der Waals surface area contributed by atoms with Crippen molar-refractivity contribution in [3.05, 3.63) is 94.1 Å². The Balaban J connectivity index is 1.75. The number of hydrogen-bond acceptors (Lipinski definition) is 5. The number of carbonyl (C=O) groups is 2. The lowest BCUT2D eigenvalue weighted by atomic mass is 9.74. The topological polar surface area (TPSA) is 76.5 Å². The first-order chi connectivity index (χ1) is 17.0. The van der Waals surface area contributed by atoms with Gasteiger partial charge in [0, 0.05) is 40.2 Å². The molecule has 4 aromatic rings. The van der Waals surface area contributed by atoms with Crippen LogP contribution in [0.1, 0.15) is 34.3 Å². The second-order valence-electron chi connectivity index (χ2n) is 8.56. The summed E-state index contributed by atoms with van der Waals surface area (Å²) in [6.45, 7) is 1.58. The summed E-state index contributed by atoms with van der Waals surface area (Å²) >= 11 is 3.49. The maximum Gasteiger partial charge on any atom is 0.302 e. The predicted octanol–water partition coefficient (Wildman–Crippen LogP) is 6.57. The normalized spacial score (nSPS) is 14.1. The number of aromatic nitrogens is 1. The van der Waals surface area contributed by atoms with E-state index in [0.717, 1.165) is 49.7 Å². The predicted molar refractivity (Wildman–Crippen MR) is 138 cm³/mol. The highest BCUT2D eigenvalue weighted by molar-refractivity contribution is 9.10. The molecule has 0 saturated heterocycles. The highest BCUT2D eigenvalue weighted by Crippen LogP contribution is 2.50. The van der Waals surface area contributed by atoms with E-state index in [1.807, 2.05) is 48.5 Å². The second kappa shape index (κ2) is 9.47. The van der Waals surface area contributed by atoms with E-state index >= 15 is 0 Å². The molecule has 174 valence electrons. The Hall–Kier alpha value is -3.77. The molecule has 0 spiro atoms. The third-order valence-electron chi connectivity index (χ3n) is 6.37. The number of benzene rings is 3. The van der Waals surface area contributed by atoms with Crippen LogP contribution in [0.15, 0.2) is 77.4 Å². The van der Waals surface area contributed by atoms with Crippen molar-refractivity contribution >= 4 is 28.2 Å². The van der Waals surface area contributed by atoms with Gasteiger partial charge in [0.2, 0.25) is 0 Å². The van der Waals surface area contributed by atoms with E-state index in [9.17, 15) is 14.7 Å². The lowest BCUT2D eigenvalue weighted by Gasteiger charge is -2.31. The zero-order chi connectivity index (χ0) is 24.5. The number of rotatable bonds is 5. The van der Waals surface area contributed by atoms with Gasteiger partial charge in [0.1, 0.15) is 12.0 Å². The molecule has 3 aromatic carbocycles. The molecule has 0 bridgehead atoms. The lowest BCUT2D eigenvalue weighted by molar-refractivity contribution is -0.141. The van der Waals surface area contributed by atoms with Crippen LogP contribution in [-0.2, 0) is 16.0 Å². The number of hydrogen-bond donors (Lipinski definition) is 1. The molecule has 5 nitrogen and oxygen atoms in total. The highest BCUT2D eigenvalue weighted by atomic mass is 79.9. The molecule has 0 amide bonds. The van der Waals surface area contributed by atoms with Gasteiger partial charge in [0.15, 0.2) is 0 Å². The SMILES string of the molecule is CC(=O)OCC1Cc2c(-c3cc(C=O)ccn3)cccc2-c2c(O)ccc(-c3ccc(Br)cc3)c21. The van der Waals surface area contributed by atoms with E-state index in [1.54, 1.807) is 24.4 Å². The number of aldehydes is 1. The minimum absolute atomic E-state index is 0.168. The number of phenolic OH excluding ortho intramolecular Hbond substituents is 1. The van der Waals surface area contributed by atoms with Crippen LogP contribution in [0.5, 0.6) is 5.75 Å². The fraction of sp³-hybridized carbons (Fsp3) is 0.138. The highest BCUT2D eigenvalue weighted by Gasteiger charge is 2.32. The summed E-state index contributed by atoms with van der Waals surface area (Å²) in [5.74, 6) is -0.361. The molecule has 0 fully saturated rings. The molecule has 0 radical (unpaired) electrons. The first kappa shape index (κ1) is 23.0. The molecule has 1 heterocycles. The zero-order valence-corrected chi connectivity index (χ0v) is 20.6. The van der Waals surface area contributed by atoms with Gasteiger partial charge in [0.05, 0.1) is 12.3 Å². The number of halogens is 1. The van der Waals surface area contributed by atoms with Crippen molar-refractivity contribution in [2.45, 2.75) is 19.3 Å². The molecule has 5 rings (SSSR count). The fourth-order valence-electron chi connectivity index (χ4n) is 4.85. The quantitative estimate of drug-likeness (QED) is 0.234. The van der Waals surface area contributed by atoms with Crippen LogP contribution >= 0.6 is 15.9 Å². The van der Waals surface area contributed by atoms with Crippen LogP contribution in [0.3, 0.4) is 0 Å². The lowest BCUT2D eigenvalue weighted by Crippen LogP contribution is -2.20. The van der Waals surface area contributed by atoms with E-state index in [1.165, 1.54) is 6.92 Å². The molecule has 35 heavy (non-hydrogen) atoms. The molecule has 0 aliphatic heterocycles. The number of carbonyl (C=O) groups excluding carboxylic acids is 2. The van der Waals surface area contributed by atoms with Crippen LogP contribution in [0, 0.1) is 0 Å². The van der Waals surface area contributed by atoms with Crippen LogP contribution in [-0.4, -0.2) is 29.0 Å². The number of phenols is 1. The number of ether oxygens (including phenoxy) is 1. The number of pyridine rings is 1. The van der Waals surface area contributed by atoms with Crippen molar-refractivity contribution in [3.8, 4) is 39.3 Å². The molecule has 1 unspecified atom stereocenters. The Morgan fingerprint density at radius 3 is 2.60 bits per heavy atom. The van der Waals surface area contributed by atoms with Crippen molar-refractivity contribution in [2.75, 3.05) is 6.61 Å². The maximum absolute atomic E-state index is 11.7. The second-order valence-corrected chi connectivity index (χ2v) is 9.47. The zero-order valence-electron chi connectivity index (χ0n) is 19.0. The molecule has 1 aromatic heterocycles. The van der Waals surface area contributed by atoms with Gasteiger partial charge in [0.25, 0.3) is 0 Å². The van der Waals surface area contributed by atoms with E-state index in [0.29, 0.717) is 17.7 Å². The van der Waals surface area contributed by atoms with Crippen molar-refractivity contribution in [2.24, 2.45) is 0 Å². The summed E-state index contributed by atoms with van der Waals surface area (Å²) in [7, 11) is 0. The van der Waals surface area contributed by atoms with Gasteiger partial charge in [-0.15, -0.1) is 0 Å². The molecule has 6 heteroatoms. The summed E-state index contributed by atoms with van der Waals surface area (Å²) in [6, 6.07) is 21.0. The first-order valence-corrected chi connectivity index (χ1v) is 12.0. The third-order valence-corrected chi connectivity index (χ3v) is 6.90. The number of esters is 1. The van der Waals surface area contributed by atoms with Crippen LogP contribution in [0.2, 0.25) is 0 Å². The fourth-order valence-corrected chi connectivity index (χ4v) is 5.12. The van der Waals surface area contributed by atoms with E-state index in [4.69, 9.17) is 4.74 Å². The van der Waals surface area contributed by atoms with E-state index in [2.05, 4.69) is 20.9 Å². The smallest absolute Gasteiger partial charge is 0.302 e. The van der Waals surface area contributed by atoms with Gasteiger partial charge in [-0.2, -0.15) is 0 Å². The standard InChI is InChI=1S/C29H22BrNO4/c1-17(33)35-16-20-14-25-23(26-13-18(15-32)11-12-31-26)3-2-4-24(25)29-27(34)10-9-22(28(20)29)19-5-7-21(30)8-6-19/h2-13,15,20,34H,14,16H2,1H3. The summed E-state index contributed by atoms with van der Waals surface area (Å²) < 4.78 is 6.47. The summed E-state index contributed by atoms with van der Waals surface area (Å²) in [5, 5.41) is 11.1. The Kier molecular flexibility index (Phi) is 6.22. The molecule has 1 aliphatic carbocycles. The monoisotopic (exact) mass is 527 g/mol.